The zero-order valence-corrected chi connectivity index (χ0v) is 10.0. The van der Waals surface area contributed by atoms with Gasteiger partial charge in [0.15, 0.2) is 11.5 Å². The van der Waals surface area contributed by atoms with Crippen LogP contribution in [-0.2, 0) is 0 Å². The van der Waals surface area contributed by atoms with Gasteiger partial charge in [-0.1, -0.05) is 5.57 Å². The van der Waals surface area contributed by atoms with Crippen molar-refractivity contribution in [1.29, 1.82) is 0 Å². The quantitative estimate of drug-likeness (QED) is 0.771. The van der Waals surface area contributed by atoms with Crippen LogP contribution in [0.2, 0.25) is 0 Å². The highest BCUT2D eigenvalue weighted by atomic mass is 16.5. The van der Waals surface area contributed by atoms with Gasteiger partial charge in [0.25, 0.3) is 0 Å². The zero-order valence-electron chi connectivity index (χ0n) is 10.0. The minimum Gasteiger partial charge on any atom is -0.493 e. The molecule has 0 aromatic heterocycles. The molecule has 0 atom stereocenters. The van der Waals surface area contributed by atoms with Gasteiger partial charge in [-0.25, -0.2) is 4.79 Å². The van der Waals surface area contributed by atoms with Crippen LogP contribution in [-0.4, -0.2) is 24.8 Å². The van der Waals surface area contributed by atoms with Gasteiger partial charge in [0, 0.05) is 6.42 Å². The Kier molecular flexibility index (Phi) is 4.57. The fourth-order valence-electron chi connectivity index (χ4n) is 1.26. The summed E-state index contributed by atoms with van der Waals surface area (Å²) in [6.45, 7) is 6.13. The Hall–Kier alpha value is -1.97. The van der Waals surface area contributed by atoms with Crippen molar-refractivity contribution < 1.29 is 19.4 Å². The van der Waals surface area contributed by atoms with Crippen molar-refractivity contribution in [3.63, 3.8) is 0 Å². The third-order valence-corrected chi connectivity index (χ3v) is 2.20. The van der Waals surface area contributed by atoms with Crippen molar-refractivity contribution in [3.05, 3.63) is 35.9 Å². The normalized spacial score (nSPS) is 9.76. The average Bonchev–Trinajstić information content (AvgIpc) is 2.28. The van der Waals surface area contributed by atoms with E-state index in [2.05, 4.69) is 6.58 Å². The molecule has 4 heteroatoms. The van der Waals surface area contributed by atoms with Gasteiger partial charge in [-0.05, 0) is 25.1 Å². The molecule has 0 saturated heterocycles. The first kappa shape index (κ1) is 13.1. The van der Waals surface area contributed by atoms with Crippen LogP contribution in [0, 0.1) is 0 Å². The molecule has 17 heavy (non-hydrogen) atoms. The maximum absolute atomic E-state index is 10.8. The molecule has 4 nitrogen and oxygen atoms in total. The summed E-state index contributed by atoms with van der Waals surface area (Å²) in [6, 6.07) is 4.52. The van der Waals surface area contributed by atoms with Crippen LogP contribution in [0.15, 0.2) is 30.4 Å². The van der Waals surface area contributed by atoms with Crippen molar-refractivity contribution in [2.75, 3.05) is 13.7 Å². The predicted octanol–water partition coefficient (Wildman–Crippen LogP) is 2.74. The lowest BCUT2D eigenvalue weighted by Crippen LogP contribution is -2.02. The second kappa shape index (κ2) is 5.94. The highest BCUT2D eigenvalue weighted by Gasteiger charge is 2.09. The van der Waals surface area contributed by atoms with Crippen LogP contribution in [0.4, 0.5) is 0 Å². The molecule has 1 N–H and O–H groups in total. The summed E-state index contributed by atoms with van der Waals surface area (Å²) in [4.78, 5) is 10.8. The molecular formula is C13H16O4. The summed E-state index contributed by atoms with van der Waals surface area (Å²) in [7, 11) is 1.52. The van der Waals surface area contributed by atoms with E-state index < -0.39 is 5.97 Å². The molecule has 1 aromatic rings. The van der Waals surface area contributed by atoms with Gasteiger partial charge in [0.1, 0.15) is 0 Å². The predicted molar refractivity (Wildman–Crippen MR) is 64.9 cm³/mol. The van der Waals surface area contributed by atoms with E-state index in [0.29, 0.717) is 18.1 Å². The van der Waals surface area contributed by atoms with Crippen molar-refractivity contribution in [3.8, 4) is 11.5 Å². The lowest BCUT2D eigenvalue weighted by molar-refractivity contribution is 0.0696. The van der Waals surface area contributed by atoms with Crippen molar-refractivity contribution in [1.82, 2.24) is 0 Å². The number of carboxylic acids is 1. The lowest BCUT2D eigenvalue weighted by atomic mass is 10.2. The molecule has 0 aliphatic heterocycles. The van der Waals surface area contributed by atoms with Gasteiger partial charge in [0.05, 0.1) is 19.3 Å². The Balaban J connectivity index is 2.82. The molecule has 0 radical (unpaired) electrons. The number of carbonyl (C=O) groups is 1. The molecule has 0 amide bonds. The molecule has 0 aliphatic rings. The van der Waals surface area contributed by atoms with Gasteiger partial charge in [-0.2, -0.15) is 0 Å². The molecule has 0 unspecified atom stereocenters. The molecule has 0 saturated carbocycles. The Morgan fingerprint density at radius 3 is 2.65 bits per heavy atom. The molecule has 0 spiro atoms. The third kappa shape index (κ3) is 3.83. The number of carboxylic acid groups (broad SMARTS) is 1. The fraction of sp³-hybridized carbons (Fsp3) is 0.308. The summed E-state index contributed by atoms with van der Waals surface area (Å²) in [5.41, 5.74) is 1.19. The van der Waals surface area contributed by atoms with E-state index in [0.717, 1.165) is 12.0 Å². The van der Waals surface area contributed by atoms with Gasteiger partial charge in [-0.3, -0.25) is 0 Å². The molecule has 0 heterocycles. The number of benzene rings is 1. The van der Waals surface area contributed by atoms with Gasteiger partial charge >= 0.3 is 5.97 Å². The van der Waals surface area contributed by atoms with Crippen LogP contribution in [0.25, 0.3) is 0 Å². The number of hydrogen-bond acceptors (Lipinski definition) is 3. The number of hydrogen-bond donors (Lipinski definition) is 1. The minimum absolute atomic E-state index is 0.177. The maximum atomic E-state index is 10.8. The summed E-state index contributed by atoms with van der Waals surface area (Å²) in [6.07, 6.45) is 0.723. The maximum Gasteiger partial charge on any atom is 0.335 e. The minimum atomic E-state index is -0.989. The van der Waals surface area contributed by atoms with Gasteiger partial charge < -0.3 is 14.6 Å². The number of aromatic carboxylic acids is 1. The van der Waals surface area contributed by atoms with E-state index >= 15 is 0 Å². The van der Waals surface area contributed by atoms with Crippen LogP contribution >= 0.6 is 0 Å². The molecule has 0 aliphatic carbocycles. The second-order valence-electron chi connectivity index (χ2n) is 3.73. The van der Waals surface area contributed by atoms with E-state index in [1.807, 2.05) is 6.92 Å². The highest BCUT2D eigenvalue weighted by molar-refractivity contribution is 5.88. The van der Waals surface area contributed by atoms with Gasteiger partial charge in [-0.15, -0.1) is 6.58 Å². The Labute approximate surface area is 100 Å². The Morgan fingerprint density at radius 2 is 2.12 bits per heavy atom. The van der Waals surface area contributed by atoms with Crippen LogP contribution in [0.3, 0.4) is 0 Å². The van der Waals surface area contributed by atoms with E-state index in [1.165, 1.54) is 19.2 Å². The third-order valence-electron chi connectivity index (χ3n) is 2.20. The SMILES string of the molecule is C=C(C)CCOc1cc(C(=O)O)ccc1OC. The smallest absolute Gasteiger partial charge is 0.335 e. The van der Waals surface area contributed by atoms with E-state index in [4.69, 9.17) is 14.6 Å². The first-order valence-electron chi connectivity index (χ1n) is 5.23. The van der Waals surface area contributed by atoms with Crippen molar-refractivity contribution >= 4 is 5.97 Å². The monoisotopic (exact) mass is 236 g/mol. The largest absolute Gasteiger partial charge is 0.493 e. The Morgan fingerprint density at radius 1 is 1.41 bits per heavy atom. The first-order valence-corrected chi connectivity index (χ1v) is 5.23. The molecule has 92 valence electrons. The number of methoxy groups -OCH3 is 1. The first-order chi connectivity index (χ1) is 8.04. The zero-order chi connectivity index (χ0) is 12.8. The molecule has 0 fully saturated rings. The topological polar surface area (TPSA) is 55.8 Å². The summed E-state index contributed by atoms with van der Waals surface area (Å²) in [5.74, 6) is -0.0252. The summed E-state index contributed by atoms with van der Waals surface area (Å²) >= 11 is 0. The Bertz CT molecular complexity index is 423. The molecular weight excluding hydrogens is 220 g/mol. The van der Waals surface area contributed by atoms with E-state index in [-0.39, 0.29) is 5.56 Å². The van der Waals surface area contributed by atoms with E-state index in [9.17, 15) is 4.79 Å². The fourth-order valence-corrected chi connectivity index (χ4v) is 1.26. The number of ether oxygens (including phenoxy) is 2. The lowest BCUT2D eigenvalue weighted by Gasteiger charge is -2.11. The van der Waals surface area contributed by atoms with Crippen LogP contribution in [0.1, 0.15) is 23.7 Å². The average molecular weight is 236 g/mol. The van der Waals surface area contributed by atoms with Crippen LogP contribution in [0.5, 0.6) is 11.5 Å². The number of rotatable bonds is 6. The standard InChI is InChI=1S/C13H16O4/c1-9(2)6-7-17-12-8-10(13(14)15)4-5-11(12)16-3/h4-5,8H,1,6-7H2,2-3H3,(H,14,15). The van der Waals surface area contributed by atoms with Crippen molar-refractivity contribution in [2.24, 2.45) is 0 Å². The van der Waals surface area contributed by atoms with Crippen molar-refractivity contribution in [2.45, 2.75) is 13.3 Å². The molecule has 0 bridgehead atoms. The highest BCUT2D eigenvalue weighted by Crippen LogP contribution is 2.28. The van der Waals surface area contributed by atoms with Crippen LogP contribution < -0.4 is 9.47 Å². The second-order valence-corrected chi connectivity index (χ2v) is 3.73. The van der Waals surface area contributed by atoms with Gasteiger partial charge in [0.2, 0.25) is 0 Å². The summed E-state index contributed by atoms with van der Waals surface area (Å²) in [5, 5.41) is 8.88. The van der Waals surface area contributed by atoms with E-state index in [1.54, 1.807) is 6.07 Å². The molecule has 1 aromatic carbocycles. The summed E-state index contributed by atoms with van der Waals surface area (Å²) < 4.78 is 10.6. The molecule has 1 rings (SSSR count).